The number of aromatic nitrogens is 1. The lowest BCUT2D eigenvalue weighted by Gasteiger charge is -2.26. The molecule has 0 bridgehead atoms. The van der Waals surface area contributed by atoms with Crippen LogP contribution in [0.2, 0.25) is 20.1 Å². The van der Waals surface area contributed by atoms with Crippen molar-refractivity contribution in [3.05, 3.63) is 62.1 Å². The lowest BCUT2D eigenvalue weighted by Crippen LogP contribution is -2.31. The van der Waals surface area contributed by atoms with E-state index < -0.39 is 6.10 Å². The predicted octanol–water partition coefficient (Wildman–Crippen LogP) is 8.45. The molecule has 172 valence electrons. The van der Waals surface area contributed by atoms with Crippen LogP contribution in [0.5, 0.6) is 0 Å². The van der Waals surface area contributed by atoms with Gasteiger partial charge in [-0.15, -0.1) is 0 Å². The summed E-state index contributed by atoms with van der Waals surface area (Å²) in [5.74, 6) is 0. The maximum atomic E-state index is 11.3. The Balaban J connectivity index is 2.07. The molecule has 0 saturated heterocycles. The minimum absolute atomic E-state index is 0.441. The van der Waals surface area contributed by atoms with Crippen molar-refractivity contribution in [1.82, 2.24) is 9.88 Å². The summed E-state index contributed by atoms with van der Waals surface area (Å²) < 4.78 is 0. The van der Waals surface area contributed by atoms with Crippen LogP contribution in [0.3, 0.4) is 0 Å². The van der Waals surface area contributed by atoms with Crippen LogP contribution < -0.4 is 0 Å². The maximum Gasteiger partial charge on any atom is 0.0924 e. The van der Waals surface area contributed by atoms with Gasteiger partial charge in [0.15, 0.2) is 0 Å². The highest BCUT2D eigenvalue weighted by atomic mass is 35.5. The van der Waals surface area contributed by atoms with Crippen molar-refractivity contribution >= 4 is 57.3 Å². The summed E-state index contributed by atoms with van der Waals surface area (Å²) in [6, 6.07) is 10.8. The molecule has 0 radical (unpaired) electrons. The Bertz CT molecular complexity index is 1070. The van der Waals surface area contributed by atoms with Crippen molar-refractivity contribution in [1.29, 1.82) is 0 Å². The molecule has 3 aromatic rings. The summed E-state index contributed by atoms with van der Waals surface area (Å²) in [5, 5.41) is 14.0. The van der Waals surface area contributed by atoms with E-state index in [-0.39, 0.29) is 0 Å². The van der Waals surface area contributed by atoms with Crippen LogP contribution in [-0.2, 0) is 0 Å². The van der Waals surface area contributed by atoms with Crippen molar-refractivity contribution in [2.75, 3.05) is 19.6 Å². The smallest absolute Gasteiger partial charge is 0.0924 e. The third-order valence-electron chi connectivity index (χ3n) is 5.52. The average Bonchev–Trinajstić information content (AvgIpc) is 2.76. The molecule has 0 aliphatic heterocycles. The Morgan fingerprint density at radius 1 is 0.875 bits per heavy atom. The molecular formula is C25H28Cl4N2O. The number of halogens is 4. The first-order valence-electron chi connectivity index (χ1n) is 11.0. The van der Waals surface area contributed by atoms with Gasteiger partial charge >= 0.3 is 0 Å². The number of fused-ring (bicyclic) bond motifs is 1. The topological polar surface area (TPSA) is 36.4 Å². The molecule has 32 heavy (non-hydrogen) atoms. The zero-order valence-electron chi connectivity index (χ0n) is 18.3. The number of aliphatic hydroxyl groups is 1. The highest BCUT2D eigenvalue weighted by molar-refractivity contribution is 6.42. The Morgan fingerprint density at radius 2 is 1.56 bits per heavy atom. The number of hydrogen-bond acceptors (Lipinski definition) is 3. The lowest BCUT2D eigenvalue weighted by molar-refractivity contribution is 0.112. The second-order valence-electron chi connectivity index (χ2n) is 8.03. The number of benzene rings is 2. The molecule has 7 heteroatoms. The fourth-order valence-corrected chi connectivity index (χ4v) is 4.59. The van der Waals surface area contributed by atoms with Crippen LogP contribution in [-0.4, -0.2) is 34.6 Å². The standard InChI is InChI=1S/C25H28Cl4N2O/c1-3-5-9-31(10-6-4-2)15-24(32)18-14-23(16-7-8-20(27)21(28)11-16)30-25-19(18)12-17(26)13-22(25)29/h7-8,11-14,24,32H,3-6,9-10,15H2,1-2H3. The highest BCUT2D eigenvalue weighted by Gasteiger charge is 2.20. The van der Waals surface area contributed by atoms with Gasteiger partial charge in [0.2, 0.25) is 0 Å². The summed E-state index contributed by atoms with van der Waals surface area (Å²) in [4.78, 5) is 7.09. The Morgan fingerprint density at radius 3 is 2.19 bits per heavy atom. The normalized spacial score (nSPS) is 12.6. The van der Waals surface area contributed by atoms with E-state index in [0.29, 0.717) is 37.8 Å². The van der Waals surface area contributed by atoms with E-state index in [4.69, 9.17) is 51.4 Å². The van der Waals surface area contributed by atoms with E-state index in [2.05, 4.69) is 18.7 Å². The third kappa shape index (κ3) is 6.28. The summed E-state index contributed by atoms with van der Waals surface area (Å²) >= 11 is 25.2. The van der Waals surface area contributed by atoms with Gasteiger partial charge in [0.25, 0.3) is 0 Å². The zero-order chi connectivity index (χ0) is 23.3. The largest absolute Gasteiger partial charge is 0.387 e. The number of rotatable bonds is 10. The van der Waals surface area contributed by atoms with Gasteiger partial charge in [-0.3, -0.25) is 0 Å². The van der Waals surface area contributed by atoms with Crippen molar-refractivity contribution in [2.45, 2.75) is 45.6 Å². The fourth-order valence-electron chi connectivity index (χ4n) is 3.76. The van der Waals surface area contributed by atoms with Gasteiger partial charge in [0, 0.05) is 22.5 Å². The number of unbranched alkanes of at least 4 members (excludes halogenated alkanes) is 2. The van der Waals surface area contributed by atoms with Gasteiger partial charge in [-0.05, 0) is 61.8 Å². The molecule has 1 heterocycles. The molecule has 1 atom stereocenters. The van der Waals surface area contributed by atoms with E-state index in [9.17, 15) is 5.11 Å². The van der Waals surface area contributed by atoms with Crippen LogP contribution in [0.4, 0.5) is 0 Å². The number of aliphatic hydroxyl groups excluding tert-OH is 1. The molecule has 3 rings (SSSR count). The summed E-state index contributed by atoms with van der Waals surface area (Å²) in [6.07, 6.45) is 3.71. The van der Waals surface area contributed by atoms with E-state index in [1.807, 2.05) is 18.2 Å². The molecule has 0 aliphatic rings. The zero-order valence-corrected chi connectivity index (χ0v) is 21.4. The van der Waals surface area contributed by atoms with Crippen LogP contribution in [0.1, 0.15) is 51.2 Å². The summed E-state index contributed by atoms with van der Waals surface area (Å²) in [5.41, 5.74) is 2.82. The molecule has 0 fully saturated rings. The Labute approximate surface area is 210 Å². The number of pyridine rings is 1. The van der Waals surface area contributed by atoms with Gasteiger partial charge in [-0.25, -0.2) is 4.98 Å². The van der Waals surface area contributed by atoms with Crippen LogP contribution in [0.25, 0.3) is 22.2 Å². The molecule has 0 aliphatic carbocycles. The first kappa shape index (κ1) is 25.6. The molecule has 0 saturated carbocycles. The molecule has 1 aromatic heterocycles. The van der Waals surface area contributed by atoms with Crippen molar-refractivity contribution in [3.8, 4) is 11.3 Å². The minimum Gasteiger partial charge on any atom is -0.387 e. The molecule has 0 spiro atoms. The van der Waals surface area contributed by atoms with E-state index in [1.54, 1.807) is 18.2 Å². The molecule has 0 amide bonds. The summed E-state index contributed by atoms with van der Waals surface area (Å²) in [6.45, 7) is 6.80. The van der Waals surface area contributed by atoms with Gasteiger partial charge in [-0.1, -0.05) is 79.2 Å². The van der Waals surface area contributed by atoms with Crippen LogP contribution in [0, 0.1) is 0 Å². The monoisotopic (exact) mass is 512 g/mol. The molecule has 2 aromatic carbocycles. The number of nitrogens with zero attached hydrogens (tertiary/aromatic N) is 2. The minimum atomic E-state index is -0.717. The predicted molar refractivity (Wildman–Crippen MR) is 138 cm³/mol. The highest BCUT2D eigenvalue weighted by Crippen LogP contribution is 2.36. The van der Waals surface area contributed by atoms with Crippen LogP contribution >= 0.6 is 46.4 Å². The average molecular weight is 514 g/mol. The van der Waals surface area contributed by atoms with Gasteiger partial charge in [-0.2, -0.15) is 0 Å². The molecule has 1 unspecified atom stereocenters. The second kappa shape index (κ2) is 11.9. The number of hydrogen-bond donors (Lipinski definition) is 1. The first-order chi connectivity index (χ1) is 15.3. The Hall–Kier alpha value is -1.07. The maximum absolute atomic E-state index is 11.3. The SMILES string of the molecule is CCCCN(CCCC)CC(O)c1cc(-c2ccc(Cl)c(Cl)c2)nc2c(Cl)cc(Cl)cc12. The Kier molecular flexibility index (Phi) is 9.48. The van der Waals surface area contributed by atoms with Gasteiger partial charge in [0.1, 0.15) is 0 Å². The van der Waals surface area contributed by atoms with Crippen molar-refractivity contribution in [3.63, 3.8) is 0 Å². The van der Waals surface area contributed by atoms with Crippen molar-refractivity contribution in [2.24, 2.45) is 0 Å². The van der Waals surface area contributed by atoms with Gasteiger partial charge in [0.05, 0.1) is 32.4 Å². The van der Waals surface area contributed by atoms with E-state index in [0.717, 1.165) is 55.3 Å². The van der Waals surface area contributed by atoms with E-state index in [1.165, 1.54) is 0 Å². The van der Waals surface area contributed by atoms with Crippen LogP contribution in [0.15, 0.2) is 36.4 Å². The quantitative estimate of drug-likeness (QED) is 0.295. The summed E-state index contributed by atoms with van der Waals surface area (Å²) in [7, 11) is 0. The first-order valence-corrected chi connectivity index (χ1v) is 12.5. The molecule has 1 N–H and O–H groups in total. The molecular weight excluding hydrogens is 486 g/mol. The van der Waals surface area contributed by atoms with Crippen molar-refractivity contribution < 1.29 is 5.11 Å². The third-order valence-corrected chi connectivity index (χ3v) is 6.77. The molecule has 3 nitrogen and oxygen atoms in total. The fraction of sp³-hybridized carbons (Fsp3) is 0.400. The second-order valence-corrected chi connectivity index (χ2v) is 9.69. The van der Waals surface area contributed by atoms with E-state index >= 15 is 0 Å². The lowest BCUT2D eigenvalue weighted by atomic mass is 9.99. The van der Waals surface area contributed by atoms with Gasteiger partial charge < -0.3 is 10.0 Å².